The predicted octanol–water partition coefficient (Wildman–Crippen LogP) is 1.99. The van der Waals surface area contributed by atoms with E-state index in [2.05, 4.69) is 11.1 Å². The molecule has 0 saturated heterocycles. The summed E-state index contributed by atoms with van der Waals surface area (Å²) in [6.45, 7) is 4.65. The second-order valence-corrected chi connectivity index (χ2v) is 3.55. The molecule has 1 heterocycles. The van der Waals surface area contributed by atoms with Crippen molar-refractivity contribution in [1.29, 1.82) is 5.26 Å². The van der Waals surface area contributed by atoms with Crippen LogP contribution in [0.25, 0.3) is 0 Å². The molecule has 0 fully saturated rings. The highest BCUT2D eigenvalue weighted by Crippen LogP contribution is 2.14. The minimum atomic E-state index is 0.0291. The standard InChI is InChI=1S/C11H15N3/c1-9(7-12)8-14(3)11-10(2)5-4-6-13-11/h4-6,9H,8H2,1-3H3. The van der Waals surface area contributed by atoms with Crippen LogP contribution in [-0.2, 0) is 0 Å². The fourth-order valence-electron chi connectivity index (χ4n) is 1.42. The number of rotatable bonds is 3. The molecule has 0 spiro atoms. The Kier molecular flexibility index (Phi) is 3.47. The zero-order chi connectivity index (χ0) is 10.6. The minimum absolute atomic E-state index is 0.0291. The van der Waals surface area contributed by atoms with E-state index in [9.17, 15) is 0 Å². The lowest BCUT2D eigenvalue weighted by Gasteiger charge is -2.20. The lowest BCUT2D eigenvalue weighted by Crippen LogP contribution is -2.24. The first-order valence-electron chi connectivity index (χ1n) is 4.67. The lowest BCUT2D eigenvalue weighted by atomic mass is 10.2. The molecule has 3 heteroatoms. The summed E-state index contributed by atoms with van der Waals surface area (Å²) in [5.41, 5.74) is 1.14. The van der Waals surface area contributed by atoms with Crippen molar-refractivity contribution in [3.8, 4) is 6.07 Å². The van der Waals surface area contributed by atoms with Crippen molar-refractivity contribution in [1.82, 2.24) is 4.98 Å². The SMILES string of the molecule is Cc1cccnc1N(C)CC(C)C#N. The van der Waals surface area contributed by atoms with Gasteiger partial charge in [0.25, 0.3) is 0 Å². The molecule has 14 heavy (non-hydrogen) atoms. The smallest absolute Gasteiger partial charge is 0.131 e. The second-order valence-electron chi connectivity index (χ2n) is 3.55. The second kappa shape index (κ2) is 4.61. The Labute approximate surface area is 85.0 Å². The van der Waals surface area contributed by atoms with Gasteiger partial charge in [-0.15, -0.1) is 0 Å². The van der Waals surface area contributed by atoms with Gasteiger partial charge in [-0.2, -0.15) is 5.26 Å². The van der Waals surface area contributed by atoms with Crippen LogP contribution in [-0.4, -0.2) is 18.6 Å². The minimum Gasteiger partial charge on any atom is -0.358 e. The Bertz CT molecular complexity index is 341. The first kappa shape index (κ1) is 10.5. The quantitative estimate of drug-likeness (QED) is 0.730. The molecule has 3 nitrogen and oxygen atoms in total. The number of aromatic nitrogens is 1. The Morgan fingerprint density at radius 2 is 2.36 bits per heavy atom. The molecule has 0 aromatic carbocycles. The van der Waals surface area contributed by atoms with Crippen LogP contribution in [0.15, 0.2) is 18.3 Å². The van der Waals surface area contributed by atoms with Crippen LogP contribution in [0.2, 0.25) is 0 Å². The molecule has 0 aliphatic carbocycles. The molecular weight excluding hydrogens is 174 g/mol. The number of nitriles is 1. The van der Waals surface area contributed by atoms with Gasteiger partial charge in [0.15, 0.2) is 0 Å². The molecule has 0 radical (unpaired) electrons. The zero-order valence-corrected chi connectivity index (χ0v) is 8.86. The van der Waals surface area contributed by atoms with Gasteiger partial charge in [-0.05, 0) is 25.5 Å². The zero-order valence-electron chi connectivity index (χ0n) is 8.86. The number of hydrogen-bond donors (Lipinski definition) is 0. The van der Waals surface area contributed by atoms with Crippen molar-refractivity contribution in [3.05, 3.63) is 23.9 Å². The number of nitrogens with zero attached hydrogens (tertiary/aromatic N) is 3. The van der Waals surface area contributed by atoms with Crippen LogP contribution in [0.1, 0.15) is 12.5 Å². The molecule has 0 saturated carbocycles. The Balaban J connectivity index is 2.75. The van der Waals surface area contributed by atoms with Gasteiger partial charge in [-0.3, -0.25) is 0 Å². The molecule has 74 valence electrons. The molecule has 1 unspecified atom stereocenters. The van der Waals surface area contributed by atoms with Gasteiger partial charge in [0.05, 0.1) is 12.0 Å². The third-order valence-electron chi connectivity index (χ3n) is 2.11. The van der Waals surface area contributed by atoms with E-state index >= 15 is 0 Å². The van der Waals surface area contributed by atoms with Crippen LogP contribution in [0.3, 0.4) is 0 Å². The lowest BCUT2D eigenvalue weighted by molar-refractivity contribution is 0.708. The van der Waals surface area contributed by atoms with Gasteiger partial charge in [0.2, 0.25) is 0 Å². The van der Waals surface area contributed by atoms with Gasteiger partial charge in [-0.25, -0.2) is 4.98 Å². The number of anilines is 1. The first-order valence-corrected chi connectivity index (χ1v) is 4.67. The highest BCUT2D eigenvalue weighted by atomic mass is 15.2. The maximum Gasteiger partial charge on any atom is 0.131 e. The molecule has 1 rings (SSSR count). The molecule has 0 aliphatic rings. The van der Waals surface area contributed by atoms with Crippen molar-refractivity contribution in [3.63, 3.8) is 0 Å². The van der Waals surface area contributed by atoms with E-state index in [1.165, 1.54) is 0 Å². The van der Waals surface area contributed by atoms with E-state index in [1.54, 1.807) is 6.20 Å². The topological polar surface area (TPSA) is 39.9 Å². The fourth-order valence-corrected chi connectivity index (χ4v) is 1.42. The number of aryl methyl sites for hydroxylation is 1. The first-order chi connectivity index (χ1) is 6.65. The molecule has 1 atom stereocenters. The van der Waals surface area contributed by atoms with Crippen molar-refractivity contribution >= 4 is 5.82 Å². The molecular formula is C11H15N3. The molecule has 0 N–H and O–H groups in total. The van der Waals surface area contributed by atoms with E-state index in [0.717, 1.165) is 11.4 Å². The van der Waals surface area contributed by atoms with Gasteiger partial charge in [0, 0.05) is 19.8 Å². The molecule has 1 aromatic rings. The number of hydrogen-bond acceptors (Lipinski definition) is 3. The van der Waals surface area contributed by atoms with Gasteiger partial charge in [-0.1, -0.05) is 6.07 Å². The van der Waals surface area contributed by atoms with Crippen LogP contribution < -0.4 is 4.90 Å². The third-order valence-corrected chi connectivity index (χ3v) is 2.11. The van der Waals surface area contributed by atoms with Crippen molar-refractivity contribution in [2.24, 2.45) is 5.92 Å². The highest BCUT2D eigenvalue weighted by molar-refractivity contribution is 5.45. The van der Waals surface area contributed by atoms with Crippen molar-refractivity contribution in [2.45, 2.75) is 13.8 Å². The fraction of sp³-hybridized carbons (Fsp3) is 0.455. The number of pyridine rings is 1. The third kappa shape index (κ3) is 2.46. The summed E-state index contributed by atoms with van der Waals surface area (Å²) in [4.78, 5) is 6.30. The summed E-state index contributed by atoms with van der Waals surface area (Å²) >= 11 is 0. The van der Waals surface area contributed by atoms with Gasteiger partial charge in [0.1, 0.15) is 5.82 Å². The Morgan fingerprint density at radius 1 is 1.64 bits per heavy atom. The van der Waals surface area contributed by atoms with Crippen LogP contribution in [0.5, 0.6) is 0 Å². The highest BCUT2D eigenvalue weighted by Gasteiger charge is 2.08. The van der Waals surface area contributed by atoms with Crippen molar-refractivity contribution in [2.75, 3.05) is 18.5 Å². The van der Waals surface area contributed by atoms with Crippen LogP contribution in [0, 0.1) is 24.2 Å². The van der Waals surface area contributed by atoms with Crippen molar-refractivity contribution < 1.29 is 0 Å². The summed E-state index contributed by atoms with van der Waals surface area (Å²) in [6.07, 6.45) is 1.77. The average Bonchev–Trinajstić information content (AvgIpc) is 2.18. The average molecular weight is 189 g/mol. The van der Waals surface area contributed by atoms with E-state index in [4.69, 9.17) is 5.26 Å². The van der Waals surface area contributed by atoms with Crippen LogP contribution in [0.4, 0.5) is 5.82 Å². The summed E-state index contributed by atoms with van der Waals surface area (Å²) in [5, 5.41) is 8.70. The summed E-state index contributed by atoms with van der Waals surface area (Å²) in [5.74, 6) is 0.982. The largest absolute Gasteiger partial charge is 0.358 e. The maximum absolute atomic E-state index is 8.70. The summed E-state index contributed by atoms with van der Waals surface area (Å²) in [7, 11) is 1.96. The van der Waals surface area contributed by atoms with E-state index in [1.807, 2.05) is 37.9 Å². The van der Waals surface area contributed by atoms with Gasteiger partial charge < -0.3 is 4.90 Å². The van der Waals surface area contributed by atoms with E-state index in [0.29, 0.717) is 6.54 Å². The molecule has 1 aromatic heterocycles. The van der Waals surface area contributed by atoms with E-state index in [-0.39, 0.29) is 5.92 Å². The molecule has 0 bridgehead atoms. The monoisotopic (exact) mass is 189 g/mol. The van der Waals surface area contributed by atoms with Crippen LogP contribution >= 0.6 is 0 Å². The molecule has 0 aliphatic heterocycles. The van der Waals surface area contributed by atoms with Gasteiger partial charge >= 0.3 is 0 Å². The van der Waals surface area contributed by atoms with E-state index < -0.39 is 0 Å². The summed E-state index contributed by atoms with van der Waals surface area (Å²) < 4.78 is 0. The normalized spacial score (nSPS) is 11.9. The molecule has 0 amide bonds. The summed E-state index contributed by atoms with van der Waals surface area (Å²) in [6, 6.07) is 6.16. The maximum atomic E-state index is 8.70. The Morgan fingerprint density at radius 3 is 2.93 bits per heavy atom. The predicted molar refractivity (Wildman–Crippen MR) is 57.0 cm³/mol. The Hall–Kier alpha value is -1.56.